The Morgan fingerprint density at radius 2 is 1.83 bits per heavy atom. The Balaban J connectivity index is 1.62. The molecule has 1 fully saturated rings. The van der Waals surface area contributed by atoms with Gasteiger partial charge in [0.05, 0.1) is 23.6 Å². The van der Waals surface area contributed by atoms with Crippen molar-refractivity contribution in [1.29, 1.82) is 0 Å². The molecule has 0 bridgehead atoms. The number of aromatic nitrogens is 1. The zero-order chi connectivity index (χ0) is 21.3. The van der Waals surface area contributed by atoms with E-state index in [4.69, 9.17) is 4.74 Å². The van der Waals surface area contributed by atoms with Crippen LogP contribution in [-0.2, 0) is 21.8 Å². The maximum Gasteiger partial charge on any atom is 0.295 e. The minimum atomic E-state index is -3.73. The van der Waals surface area contributed by atoms with Gasteiger partial charge in [0.25, 0.3) is 5.91 Å². The van der Waals surface area contributed by atoms with Crippen LogP contribution in [0.2, 0.25) is 0 Å². The topological polar surface area (TPSA) is 114 Å². The van der Waals surface area contributed by atoms with E-state index in [1.807, 2.05) is 12.1 Å². The fourth-order valence-electron chi connectivity index (χ4n) is 3.34. The molecule has 2 heterocycles. The summed E-state index contributed by atoms with van der Waals surface area (Å²) in [5.74, 6) is -0.822. The van der Waals surface area contributed by atoms with Gasteiger partial charge in [-0.1, -0.05) is 24.3 Å². The monoisotopic (exact) mass is 428 g/mol. The summed E-state index contributed by atoms with van der Waals surface area (Å²) in [7, 11) is -2.05. The predicted molar refractivity (Wildman–Crippen MR) is 109 cm³/mol. The highest BCUT2D eigenvalue weighted by molar-refractivity contribution is 7.89. The minimum absolute atomic E-state index is 0.0125. The van der Waals surface area contributed by atoms with Gasteiger partial charge in [-0.3, -0.25) is 4.79 Å². The fraction of sp³-hybridized carbons (Fsp3) is 0.250. The van der Waals surface area contributed by atoms with Gasteiger partial charge in [-0.25, -0.2) is 8.42 Å². The number of carbonyl (C=O) groups is 1. The average Bonchev–Trinajstić information content (AvgIpc) is 3.03. The molecule has 1 saturated heterocycles. The Hall–Kier alpha value is -3.08. The molecular formula is C20H20N4O5S. The first-order chi connectivity index (χ1) is 14.4. The first kappa shape index (κ1) is 20.2. The summed E-state index contributed by atoms with van der Waals surface area (Å²) in [6, 6.07) is 12.9. The predicted octanol–water partition coefficient (Wildman–Crippen LogP) is 2.83. The summed E-state index contributed by atoms with van der Waals surface area (Å²) >= 11 is 0. The molecular weight excluding hydrogens is 408 g/mol. The van der Waals surface area contributed by atoms with Crippen molar-refractivity contribution in [2.45, 2.75) is 4.90 Å². The lowest BCUT2D eigenvalue weighted by molar-refractivity contribution is 0.0730. The van der Waals surface area contributed by atoms with Gasteiger partial charge in [0, 0.05) is 31.1 Å². The van der Waals surface area contributed by atoms with E-state index in [0.29, 0.717) is 18.6 Å². The van der Waals surface area contributed by atoms with Crippen LogP contribution in [0.5, 0.6) is 5.88 Å². The molecule has 0 radical (unpaired) electrons. The minimum Gasteiger partial charge on any atom is -0.493 e. The van der Waals surface area contributed by atoms with Crippen LogP contribution in [0.1, 0.15) is 10.4 Å². The van der Waals surface area contributed by atoms with Crippen molar-refractivity contribution in [2.75, 3.05) is 26.3 Å². The van der Waals surface area contributed by atoms with Crippen molar-refractivity contribution in [3.05, 3.63) is 54.1 Å². The van der Waals surface area contributed by atoms with E-state index in [1.54, 1.807) is 23.7 Å². The second-order valence-electron chi connectivity index (χ2n) is 6.80. The molecule has 3 aromatic rings. The van der Waals surface area contributed by atoms with Crippen LogP contribution >= 0.6 is 0 Å². The van der Waals surface area contributed by atoms with Crippen LogP contribution in [0.3, 0.4) is 0 Å². The van der Waals surface area contributed by atoms with E-state index >= 15 is 0 Å². The zero-order valence-electron chi connectivity index (χ0n) is 16.2. The van der Waals surface area contributed by atoms with Crippen LogP contribution < -0.4 is 0 Å². The number of benzene rings is 2. The van der Waals surface area contributed by atoms with Crippen LogP contribution in [0, 0.1) is 0 Å². The molecule has 1 aliphatic rings. The Bertz CT molecular complexity index is 1240. The van der Waals surface area contributed by atoms with E-state index in [2.05, 4.69) is 10.2 Å². The number of morpholine rings is 1. The normalized spacial score (nSPS) is 15.8. The van der Waals surface area contributed by atoms with Crippen LogP contribution in [0.15, 0.2) is 63.7 Å². The zero-order valence-corrected chi connectivity index (χ0v) is 17.0. The van der Waals surface area contributed by atoms with E-state index in [-0.39, 0.29) is 35.1 Å². The van der Waals surface area contributed by atoms with E-state index in [1.165, 1.54) is 28.6 Å². The van der Waals surface area contributed by atoms with Crippen molar-refractivity contribution in [3.63, 3.8) is 0 Å². The number of sulfonamides is 1. The maximum absolute atomic E-state index is 12.8. The molecule has 4 rings (SSSR count). The summed E-state index contributed by atoms with van der Waals surface area (Å²) in [6.45, 7) is 1.20. The Kier molecular flexibility index (Phi) is 5.37. The molecule has 0 atom stereocenters. The van der Waals surface area contributed by atoms with Gasteiger partial charge in [-0.2, -0.15) is 4.31 Å². The SMILES string of the molecule is Cn1c(O)c(N=NC(=O)c2cccc(S(=O)(=O)N3CCOCC3)c2)c2ccccc21. The van der Waals surface area contributed by atoms with Crippen molar-refractivity contribution < 1.29 is 23.1 Å². The third-order valence-electron chi connectivity index (χ3n) is 4.98. The number of fused-ring (bicyclic) bond motifs is 1. The van der Waals surface area contributed by atoms with E-state index in [9.17, 15) is 18.3 Å². The molecule has 1 aliphatic heterocycles. The number of carbonyl (C=O) groups excluding carboxylic acids is 1. The molecule has 0 saturated carbocycles. The molecule has 1 aromatic heterocycles. The molecule has 9 nitrogen and oxygen atoms in total. The van der Waals surface area contributed by atoms with Crippen molar-refractivity contribution in [3.8, 4) is 5.88 Å². The van der Waals surface area contributed by atoms with Crippen LogP contribution in [-0.4, -0.2) is 54.6 Å². The smallest absolute Gasteiger partial charge is 0.295 e. The number of amides is 1. The Morgan fingerprint density at radius 1 is 1.10 bits per heavy atom. The number of hydrogen-bond acceptors (Lipinski definition) is 6. The Labute approximate surface area is 173 Å². The quantitative estimate of drug-likeness (QED) is 0.642. The van der Waals surface area contributed by atoms with Crippen molar-refractivity contribution in [2.24, 2.45) is 17.3 Å². The number of azo groups is 1. The number of ether oxygens (including phenoxy) is 1. The highest BCUT2D eigenvalue weighted by atomic mass is 32.2. The maximum atomic E-state index is 12.8. The standard InChI is InChI=1S/C20H20N4O5S/c1-23-17-8-3-2-7-16(17)18(20(23)26)21-22-19(25)14-5-4-6-15(13-14)30(27,28)24-9-11-29-12-10-24/h2-8,13,26H,9-12H2,1H3. The average molecular weight is 428 g/mol. The van der Waals surface area contributed by atoms with Crippen LogP contribution in [0.4, 0.5) is 5.69 Å². The summed E-state index contributed by atoms with van der Waals surface area (Å²) < 4.78 is 33.7. The van der Waals surface area contributed by atoms with Gasteiger partial charge in [0.15, 0.2) is 5.69 Å². The molecule has 0 aliphatic carbocycles. The first-order valence-electron chi connectivity index (χ1n) is 9.30. The van der Waals surface area contributed by atoms with Crippen LogP contribution in [0.25, 0.3) is 10.9 Å². The summed E-state index contributed by atoms with van der Waals surface area (Å²) in [5.41, 5.74) is 1.02. The van der Waals surface area contributed by atoms with E-state index < -0.39 is 15.9 Å². The molecule has 1 amide bonds. The molecule has 2 aromatic carbocycles. The van der Waals surface area contributed by atoms with Gasteiger partial charge in [0.2, 0.25) is 15.9 Å². The fourth-order valence-corrected chi connectivity index (χ4v) is 4.79. The first-order valence-corrected chi connectivity index (χ1v) is 10.7. The van der Waals surface area contributed by atoms with Crippen molar-refractivity contribution >= 4 is 32.5 Å². The summed E-state index contributed by atoms with van der Waals surface area (Å²) in [5, 5.41) is 18.6. The van der Waals surface area contributed by atoms with Gasteiger partial charge < -0.3 is 14.4 Å². The molecule has 10 heteroatoms. The second-order valence-corrected chi connectivity index (χ2v) is 8.74. The third-order valence-corrected chi connectivity index (χ3v) is 6.87. The Morgan fingerprint density at radius 3 is 2.60 bits per heavy atom. The van der Waals surface area contributed by atoms with Crippen molar-refractivity contribution in [1.82, 2.24) is 8.87 Å². The molecule has 1 N–H and O–H groups in total. The van der Waals surface area contributed by atoms with Gasteiger partial charge in [-0.15, -0.1) is 10.2 Å². The highest BCUT2D eigenvalue weighted by Gasteiger charge is 2.27. The van der Waals surface area contributed by atoms with Gasteiger partial charge in [0.1, 0.15) is 0 Å². The number of aromatic hydroxyl groups is 1. The summed E-state index contributed by atoms with van der Waals surface area (Å²) in [4.78, 5) is 12.6. The largest absolute Gasteiger partial charge is 0.493 e. The van der Waals surface area contributed by atoms with E-state index in [0.717, 1.165) is 5.52 Å². The number of para-hydroxylation sites is 1. The second kappa shape index (κ2) is 7.98. The number of rotatable bonds is 4. The number of nitrogens with zero attached hydrogens (tertiary/aromatic N) is 4. The molecule has 30 heavy (non-hydrogen) atoms. The molecule has 0 unspecified atom stereocenters. The lowest BCUT2D eigenvalue weighted by Gasteiger charge is -2.26. The van der Waals surface area contributed by atoms with Gasteiger partial charge >= 0.3 is 0 Å². The van der Waals surface area contributed by atoms with Gasteiger partial charge in [-0.05, 0) is 24.3 Å². The molecule has 0 spiro atoms. The number of aryl methyl sites for hydroxylation is 1. The lowest BCUT2D eigenvalue weighted by Crippen LogP contribution is -2.40. The molecule has 156 valence electrons. The highest BCUT2D eigenvalue weighted by Crippen LogP contribution is 2.37. The third kappa shape index (κ3) is 3.60. The summed E-state index contributed by atoms with van der Waals surface area (Å²) in [6.07, 6.45) is 0. The number of hydrogen-bond donors (Lipinski definition) is 1. The lowest BCUT2D eigenvalue weighted by atomic mass is 10.2.